The third kappa shape index (κ3) is 13.3. The Hall–Kier alpha value is -5.12. The molecule has 0 unspecified atom stereocenters. The quantitative estimate of drug-likeness (QED) is 0.0497. The molecule has 10 heteroatoms. The van der Waals surface area contributed by atoms with Gasteiger partial charge in [-0.1, -0.05) is 51.2 Å². The number of hydrogen-bond donors (Lipinski definition) is 2. The third-order valence-corrected chi connectivity index (χ3v) is 6.78. The average Bonchev–Trinajstić information content (AvgIpc) is 3.04. The first kappa shape index (κ1) is 35.4. The van der Waals surface area contributed by atoms with E-state index in [1.807, 2.05) is 6.92 Å². The number of benzene rings is 3. The van der Waals surface area contributed by atoms with E-state index in [9.17, 15) is 19.2 Å². The maximum Gasteiger partial charge on any atom is 0.338 e. The molecule has 4 N–H and O–H groups in total. The summed E-state index contributed by atoms with van der Waals surface area (Å²) < 4.78 is 21.2. The summed E-state index contributed by atoms with van der Waals surface area (Å²) in [5.41, 5.74) is 13.7. The number of anilines is 2. The van der Waals surface area contributed by atoms with Crippen LogP contribution in [0, 0.1) is 0 Å². The molecule has 0 radical (unpaired) electrons. The molecular weight excluding hydrogens is 588 g/mol. The molecule has 0 saturated carbocycles. The summed E-state index contributed by atoms with van der Waals surface area (Å²) in [6.45, 7) is 2.66. The van der Waals surface area contributed by atoms with Gasteiger partial charge in [-0.2, -0.15) is 0 Å². The lowest BCUT2D eigenvalue weighted by molar-refractivity contribution is -0.134. The molecule has 10 nitrogen and oxygen atoms in total. The van der Waals surface area contributed by atoms with E-state index < -0.39 is 17.9 Å². The number of carbonyl (C=O) groups excluding carboxylic acids is 4. The van der Waals surface area contributed by atoms with Crippen LogP contribution in [0.3, 0.4) is 0 Å². The molecule has 0 aliphatic rings. The van der Waals surface area contributed by atoms with E-state index in [2.05, 4.69) is 0 Å². The predicted octanol–water partition coefficient (Wildman–Crippen LogP) is 6.92. The second-order valence-corrected chi connectivity index (χ2v) is 10.7. The normalized spacial score (nSPS) is 10.8. The number of nitrogens with two attached hydrogens (primary N) is 2. The van der Waals surface area contributed by atoms with Crippen molar-refractivity contribution in [3.8, 4) is 11.5 Å². The molecule has 0 heterocycles. The van der Waals surface area contributed by atoms with E-state index in [1.54, 1.807) is 72.8 Å². The number of esters is 4. The van der Waals surface area contributed by atoms with Crippen molar-refractivity contribution in [2.45, 2.75) is 64.7 Å². The maximum absolute atomic E-state index is 12.4. The Morgan fingerprint density at radius 2 is 1.15 bits per heavy atom. The van der Waals surface area contributed by atoms with Gasteiger partial charge in [-0.15, -0.1) is 0 Å². The first-order valence-corrected chi connectivity index (χ1v) is 15.5. The van der Waals surface area contributed by atoms with Crippen LogP contribution in [-0.2, 0) is 19.1 Å². The van der Waals surface area contributed by atoms with Crippen molar-refractivity contribution in [1.82, 2.24) is 0 Å². The van der Waals surface area contributed by atoms with Crippen molar-refractivity contribution >= 4 is 41.3 Å². The Labute approximate surface area is 269 Å². The highest BCUT2D eigenvalue weighted by molar-refractivity contribution is 5.92. The Balaban J connectivity index is 1.25. The monoisotopic (exact) mass is 630 g/mol. The number of nitrogen functional groups attached to an aromatic ring is 2. The van der Waals surface area contributed by atoms with Crippen LogP contribution in [0.25, 0.3) is 6.08 Å². The molecule has 0 amide bonds. The molecule has 0 saturated heterocycles. The first-order chi connectivity index (χ1) is 22.2. The van der Waals surface area contributed by atoms with Crippen LogP contribution in [0.4, 0.5) is 11.4 Å². The second kappa shape index (κ2) is 19.3. The van der Waals surface area contributed by atoms with Crippen LogP contribution < -0.4 is 20.9 Å². The summed E-state index contributed by atoms with van der Waals surface area (Å²) in [5, 5.41) is 0. The van der Waals surface area contributed by atoms with E-state index in [4.69, 9.17) is 30.4 Å². The zero-order valence-electron chi connectivity index (χ0n) is 26.2. The lowest BCUT2D eigenvalue weighted by atomic mass is 10.1. The van der Waals surface area contributed by atoms with Gasteiger partial charge in [-0.05, 0) is 85.5 Å². The summed E-state index contributed by atoms with van der Waals surface area (Å²) >= 11 is 0. The zero-order chi connectivity index (χ0) is 33.1. The van der Waals surface area contributed by atoms with E-state index in [0.29, 0.717) is 59.2 Å². The Bertz CT molecular complexity index is 1450. The van der Waals surface area contributed by atoms with Crippen LogP contribution in [0.15, 0.2) is 72.8 Å². The number of unbranched alkanes of at least 4 members (excludes halogenated alkanes) is 6. The molecule has 0 aromatic heterocycles. The van der Waals surface area contributed by atoms with Crippen LogP contribution in [-0.4, -0.2) is 37.1 Å². The maximum atomic E-state index is 12.4. The molecule has 46 heavy (non-hydrogen) atoms. The molecule has 0 aliphatic heterocycles. The van der Waals surface area contributed by atoms with E-state index in [0.717, 1.165) is 51.4 Å². The van der Waals surface area contributed by atoms with Crippen LogP contribution >= 0.6 is 0 Å². The van der Waals surface area contributed by atoms with E-state index >= 15 is 0 Å². The van der Waals surface area contributed by atoms with Gasteiger partial charge in [0.05, 0.1) is 24.3 Å². The molecule has 0 spiro atoms. The minimum Gasteiger partial charge on any atom is -0.462 e. The van der Waals surface area contributed by atoms with Crippen molar-refractivity contribution in [3.63, 3.8) is 0 Å². The van der Waals surface area contributed by atoms with Crippen LogP contribution in [0.2, 0.25) is 0 Å². The zero-order valence-corrected chi connectivity index (χ0v) is 26.2. The van der Waals surface area contributed by atoms with Gasteiger partial charge in [0.25, 0.3) is 0 Å². The predicted molar refractivity (Wildman–Crippen MR) is 176 cm³/mol. The van der Waals surface area contributed by atoms with Crippen molar-refractivity contribution < 1.29 is 38.1 Å². The van der Waals surface area contributed by atoms with Crippen molar-refractivity contribution in [1.29, 1.82) is 0 Å². The summed E-state index contributed by atoms with van der Waals surface area (Å²) in [4.78, 5) is 48.4. The number of ether oxygens (including phenoxy) is 4. The number of hydrogen-bond acceptors (Lipinski definition) is 10. The molecular formula is C36H42N2O8. The van der Waals surface area contributed by atoms with Gasteiger partial charge in [0, 0.05) is 23.9 Å². The molecule has 3 rings (SSSR count). The lowest BCUT2D eigenvalue weighted by Gasteiger charge is -2.07. The van der Waals surface area contributed by atoms with Gasteiger partial charge in [0.1, 0.15) is 11.5 Å². The van der Waals surface area contributed by atoms with Crippen molar-refractivity contribution in [3.05, 3.63) is 89.5 Å². The first-order valence-electron chi connectivity index (χ1n) is 15.5. The van der Waals surface area contributed by atoms with Gasteiger partial charge >= 0.3 is 23.9 Å². The fourth-order valence-corrected chi connectivity index (χ4v) is 4.33. The smallest absolute Gasteiger partial charge is 0.338 e. The van der Waals surface area contributed by atoms with E-state index in [1.165, 1.54) is 6.08 Å². The fourth-order valence-electron chi connectivity index (χ4n) is 4.33. The molecule has 0 aliphatic carbocycles. The minimum absolute atomic E-state index is 0.297. The molecule has 244 valence electrons. The van der Waals surface area contributed by atoms with E-state index in [-0.39, 0.29) is 5.97 Å². The summed E-state index contributed by atoms with van der Waals surface area (Å²) in [6.07, 6.45) is 10.3. The Kier molecular flexibility index (Phi) is 14.8. The molecule has 0 atom stereocenters. The SMILES string of the molecule is CCCCC(=O)Oc1ccc(OC(=O)/C=C/c2ccc(C(=O)OCCCCCCCCOC(=O)c3cc(N)cc(N)c3)cc2)cc1. The lowest BCUT2D eigenvalue weighted by Crippen LogP contribution is -2.08. The standard InChI is InChI=1S/C36H42N2O8/c1-2-3-10-33(39)45-31-16-18-32(19-17-31)46-34(40)20-13-26-11-14-27(15-12-26)35(41)43-21-8-6-4-5-7-9-22-44-36(42)28-23-29(37)25-30(38)24-28/h11-20,23-25H,2-10,21-22,37-38H2,1H3/b20-13+. The van der Waals surface area contributed by atoms with Gasteiger partial charge in [-0.3, -0.25) is 4.79 Å². The highest BCUT2D eigenvalue weighted by Gasteiger charge is 2.10. The molecule has 3 aromatic carbocycles. The average molecular weight is 631 g/mol. The van der Waals surface area contributed by atoms with Gasteiger partial charge < -0.3 is 30.4 Å². The molecule has 3 aromatic rings. The highest BCUT2D eigenvalue weighted by atomic mass is 16.5. The van der Waals surface area contributed by atoms with Gasteiger partial charge in [0.15, 0.2) is 0 Å². The summed E-state index contributed by atoms with van der Waals surface area (Å²) in [6, 6.07) is 17.6. The number of rotatable bonds is 18. The summed E-state index contributed by atoms with van der Waals surface area (Å²) in [5.74, 6) is -0.994. The topological polar surface area (TPSA) is 157 Å². The molecule has 0 fully saturated rings. The van der Waals surface area contributed by atoms with Crippen LogP contribution in [0.1, 0.15) is 91.0 Å². The third-order valence-electron chi connectivity index (χ3n) is 6.78. The minimum atomic E-state index is -0.570. The van der Waals surface area contributed by atoms with Gasteiger partial charge in [0.2, 0.25) is 0 Å². The van der Waals surface area contributed by atoms with Crippen molar-refractivity contribution in [2.75, 3.05) is 24.7 Å². The Morgan fingerprint density at radius 3 is 1.72 bits per heavy atom. The van der Waals surface area contributed by atoms with Gasteiger partial charge in [-0.25, -0.2) is 14.4 Å². The second-order valence-electron chi connectivity index (χ2n) is 10.7. The molecule has 0 bridgehead atoms. The van der Waals surface area contributed by atoms with Crippen LogP contribution in [0.5, 0.6) is 11.5 Å². The summed E-state index contributed by atoms with van der Waals surface area (Å²) in [7, 11) is 0. The largest absolute Gasteiger partial charge is 0.462 e. The number of carbonyl (C=O) groups is 4. The van der Waals surface area contributed by atoms with Crippen molar-refractivity contribution in [2.24, 2.45) is 0 Å². The fraction of sp³-hybridized carbons (Fsp3) is 0.333. The highest BCUT2D eigenvalue weighted by Crippen LogP contribution is 2.19. The Morgan fingerprint density at radius 1 is 0.630 bits per heavy atom.